The molecule has 0 radical (unpaired) electrons. The van der Waals surface area contributed by atoms with Crippen LogP contribution in [0.3, 0.4) is 0 Å². The molecule has 4 nitrogen and oxygen atoms in total. The average molecular weight is 220 g/mol. The van der Waals surface area contributed by atoms with Crippen molar-refractivity contribution >= 4 is 6.09 Å². The van der Waals surface area contributed by atoms with Gasteiger partial charge in [0.15, 0.2) is 0 Å². The van der Waals surface area contributed by atoms with Gasteiger partial charge in [0.2, 0.25) is 0 Å². The van der Waals surface area contributed by atoms with Crippen molar-refractivity contribution in [3.05, 3.63) is 35.9 Å². The van der Waals surface area contributed by atoms with Crippen LogP contribution in [0.25, 0.3) is 0 Å². The topological polar surface area (TPSA) is 52.6 Å². The highest BCUT2D eigenvalue weighted by Crippen LogP contribution is 2.10. The molecule has 0 aromatic heterocycles. The molecule has 86 valence electrons. The predicted molar refractivity (Wildman–Crippen MR) is 61.3 cm³/mol. The van der Waals surface area contributed by atoms with E-state index in [1.54, 1.807) is 0 Å². The van der Waals surface area contributed by atoms with Crippen LogP contribution < -0.4 is 5.32 Å². The molecule has 1 heterocycles. The highest BCUT2D eigenvalue weighted by Gasteiger charge is 2.24. The fourth-order valence-electron chi connectivity index (χ4n) is 1.96. The van der Waals surface area contributed by atoms with E-state index in [1.165, 1.54) is 10.5 Å². The van der Waals surface area contributed by atoms with E-state index in [1.807, 2.05) is 18.2 Å². The van der Waals surface area contributed by atoms with Crippen molar-refractivity contribution < 1.29 is 9.90 Å². The molecular formula is C12H16N2O2. The third-order valence-corrected chi connectivity index (χ3v) is 2.90. The van der Waals surface area contributed by atoms with E-state index < -0.39 is 6.09 Å². The molecule has 1 aromatic carbocycles. The number of amides is 1. The van der Waals surface area contributed by atoms with E-state index in [4.69, 9.17) is 5.11 Å². The normalized spacial score (nSPS) is 20.0. The van der Waals surface area contributed by atoms with Crippen LogP contribution in [0.1, 0.15) is 12.0 Å². The van der Waals surface area contributed by atoms with Gasteiger partial charge in [0, 0.05) is 25.7 Å². The van der Waals surface area contributed by atoms with Crippen LogP contribution in [0, 0.1) is 0 Å². The number of benzene rings is 1. The van der Waals surface area contributed by atoms with Gasteiger partial charge in [0.1, 0.15) is 0 Å². The molecule has 1 atom stereocenters. The number of hydrogen-bond donors (Lipinski definition) is 2. The summed E-state index contributed by atoms with van der Waals surface area (Å²) >= 11 is 0. The maximum Gasteiger partial charge on any atom is 0.407 e. The summed E-state index contributed by atoms with van der Waals surface area (Å²) < 4.78 is 0. The molecule has 0 aliphatic carbocycles. The van der Waals surface area contributed by atoms with Crippen LogP contribution in [-0.2, 0) is 6.54 Å². The molecule has 16 heavy (non-hydrogen) atoms. The van der Waals surface area contributed by atoms with Crippen molar-refractivity contribution in [1.82, 2.24) is 10.2 Å². The first-order valence-corrected chi connectivity index (χ1v) is 5.51. The minimum atomic E-state index is -0.816. The SMILES string of the molecule is O=C(O)N1CC[C@@H](NCc2ccccc2)C1. The zero-order chi connectivity index (χ0) is 11.4. The fraction of sp³-hybridized carbons (Fsp3) is 0.417. The molecule has 4 heteroatoms. The lowest BCUT2D eigenvalue weighted by molar-refractivity contribution is 0.154. The van der Waals surface area contributed by atoms with E-state index in [0.717, 1.165) is 13.0 Å². The maximum absolute atomic E-state index is 10.7. The largest absolute Gasteiger partial charge is 0.465 e. The number of hydrogen-bond acceptors (Lipinski definition) is 2. The molecule has 1 amide bonds. The quantitative estimate of drug-likeness (QED) is 0.812. The van der Waals surface area contributed by atoms with Gasteiger partial charge in [-0.2, -0.15) is 0 Å². The van der Waals surface area contributed by atoms with E-state index >= 15 is 0 Å². The standard InChI is InChI=1S/C12H16N2O2/c15-12(16)14-7-6-11(9-14)13-8-10-4-2-1-3-5-10/h1-5,11,13H,6-9H2,(H,15,16)/t11-/m1/s1. The second-order valence-electron chi connectivity index (χ2n) is 4.08. The van der Waals surface area contributed by atoms with Crippen molar-refractivity contribution in [2.24, 2.45) is 0 Å². The molecule has 0 spiro atoms. The van der Waals surface area contributed by atoms with Gasteiger partial charge in [0.05, 0.1) is 0 Å². The van der Waals surface area contributed by atoms with Crippen LogP contribution in [0.2, 0.25) is 0 Å². The Morgan fingerprint density at radius 3 is 2.81 bits per heavy atom. The summed E-state index contributed by atoms with van der Waals surface area (Å²) in [6.07, 6.45) is 0.0862. The Morgan fingerprint density at radius 2 is 2.19 bits per heavy atom. The van der Waals surface area contributed by atoms with Crippen LogP contribution in [0.15, 0.2) is 30.3 Å². The molecule has 1 aromatic rings. The average Bonchev–Trinajstić information content (AvgIpc) is 2.76. The maximum atomic E-state index is 10.7. The summed E-state index contributed by atoms with van der Waals surface area (Å²) in [6, 6.07) is 10.4. The summed E-state index contributed by atoms with van der Waals surface area (Å²) in [6.45, 7) is 2.04. The van der Waals surface area contributed by atoms with E-state index in [0.29, 0.717) is 13.1 Å². The second kappa shape index (κ2) is 4.99. The van der Waals surface area contributed by atoms with Crippen molar-refractivity contribution in [2.75, 3.05) is 13.1 Å². The number of nitrogens with zero attached hydrogens (tertiary/aromatic N) is 1. The Morgan fingerprint density at radius 1 is 1.44 bits per heavy atom. The number of nitrogens with one attached hydrogen (secondary N) is 1. The van der Waals surface area contributed by atoms with Gasteiger partial charge < -0.3 is 15.3 Å². The van der Waals surface area contributed by atoms with Gasteiger partial charge >= 0.3 is 6.09 Å². The lowest BCUT2D eigenvalue weighted by Crippen LogP contribution is -2.34. The molecule has 0 bridgehead atoms. The zero-order valence-electron chi connectivity index (χ0n) is 9.10. The lowest BCUT2D eigenvalue weighted by Gasteiger charge is -2.13. The molecule has 0 unspecified atom stereocenters. The third-order valence-electron chi connectivity index (χ3n) is 2.90. The molecule has 2 N–H and O–H groups in total. The molecule has 1 aliphatic heterocycles. The van der Waals surface area contributed by atoms with Crippen molar-refractivity contribution in [3.63, 3.8) is 0 Å². The second-order valence-corrected chi connectivity index (χ2v) is 4.08. The molecule has 2 rings (SSSR count). The van der Waals surface area contributed by atoms with Gasteiger partial charge in [-0.3, -0.25) is 0 Å². The first-order valence-electron chi connectivity index (χ1n) is 5.51. The van der Waals surface area contributed by atoms with Gasteiger partial charge in [-0.25, -0.2) is 4.79 Å². The van der Waals surface area contributed by atoms with Gasteiger partial charge in [-0.1, -0.05) is 30.3 Å². The van der Waals surface area contributed by atoms with E-state index in [-0.39, 0.29) is 6.04 Å². The van der Waals surface area contributed by atoms with Crippen LogP contribution in [0.5, 0.6) is 0 Å². The third kappa shape index (κ3) is 2.73. The predicted octanol–water partition coefficient (Wildman–Crippen LogP) is 1.53. The highest BCUT2D eigenvalue weighted by atomic mass is 16.4. The molecular weight excluding hydrogens is 204 g/mol. The smallest absolute Gasteiger partial charge is 0.407 e. The van der Waals surface area contributed by atoms with Crippen molar-refractivity contribution in [2.45, 2.75) is 19.0 Å². The Kier molecular flexibility index (Phi) is 3.41. The summed E-state index contributed by atoms with van der Waals surface area (Å²) in [4.78, 5) is 12.2. The molecule has 1 fully saturated rings. The Hall–Kier alpha value is -1.55. The van der Waals surface area contributed by atoms with Crippen LogP contribution >= 0.6 is 0 Å². The van der Waals surface area contributed by atoms with E-state index in [9.17, 15) is 4.79 Å². The first kappa shape index (κ1) is 11.0. The molecule has 1 saturated heterocycles. The molecule has 0 saturated carbocycles. The Bertz CT molecular complexity index is 353. The molecule has 1 aliphatic rings. The number of carbonyl (C=O) groups is 1. The first-order chi connectivity index (χ1) is 7.75. The Balaban J connectivity index is 1.78. The minimum Gasteiger partial charge on any atom is -0.465 e. The summed E-state index contributed by atoms with van der Waals surface area (Å²) in [5.41, 5.74) is 1.23. The van der Waals surface area contributed by atoms with Crippen LogP contribution in [-0.4, -0.2) is 35.2 Å². The fourth-order valence-corrected chi connectivity index (χ4v) is 1.96. The Labute approximate surface area is 94.9 Å². The monoisotopic (exact) mass is 220 g/mol. The highest BCUT2D eigenvalue weighted by molar-refractivity contribution is 5.65. The van der Waals surface area contributed by atoms with Crippen molar-refractivity contribution in [1.29, 1.82) is 0 Å². The lowest BCUT2D eigenvalue weighted by atomic mass is 10.2. The minimum absolute atomic E-state index is 0.288. The summed E-state index contributed by atoms with van der Waals surface area (Å²) in [5, 5.41) is 12.2. The van der Waals surface area contributed by atoms with E-state index in [2.05, 4.69) is 17.4 Å². The number of rotatable bonds is 3. The van der Waals surface area contributed by atoms with Gasteiger partial charge in [-0.05, 0) is 12.0 Å². The van der Waals surface area contributed by atoms with Crippen molar-refractivity contribution in [3.8, 4) is 0 Å². The number of carboxylic acid groups (broad SMARTS) is 1. The number of likely N-dealkylation sites (tertiary alicyclic amines) is 1. The zero-order valence-corrected chi connectivity index (χ0v) is 9.10. The summed E-state index contributed by atoms with van der Waals surface area (Å²) in [5.74, 6) is 0. The summed E-state index contributed by atoms with van der Waals surface area (Å²) in [7, 11) is 0. The van der Waals surface area contributed by atoms with Gasteiger partial charge in [-0.15, -0.1) is 0 Å². The van der Waals surface area contributed by atoms with Crippen LogP contribution in [0.4, 0.5) is 4.79 Å². The van der Waals surface area contributed by atoms with Gasteiger partial charge in [0.25, 0.3) is 0 Å².